The molecule has 2 aromatic carbocycles. The Morgan fingerprint density at radius 3 is 2.17 bits per heavy atom. The van der Waals surface area contributed by atoms with Crippen LogP contribution in [0, 0.1) is 0 Å². The van der Waals surface area contributed by atoms with Crippen LogP contribution >= 0.6 is 0 Å². The van der Waals surface area contributed by atoms with Crippen LogP contribution in [0.2, 0.25) is 0 Å². The molecular formula is C23H20F3N3O. The lowest BCUT2D eigenvalue weighted by molar-refractivity contribution is -0.137. The molecular weight excluding hydrogens is 391 g/mol. The second-order valence-electron chi connectivity index (χ2n) is 6.60. The molecule has 1 N–H and O–H groups in total. The lowest BCUT2D eigenvalue weighted by Crippen LogP contribution is -2.20. The van der Waals surface area contributed by atoms with E-state index in [0.717, 1.165) is 29.1 Å². The Morgan fingerprint density at radius 2 is 1.57 bits per heavy atom. The van der Waals surface area contributed by atoms with Gasteiger partial charge in [-0.15, -0.1) is 0 Å². The Morgan fingerprint density at radius 1 is 0.967 bits per heavy atom. The Hall–Kier alpha value is -3.61. The van der Waals surface area contributed by atoms with E-state index in [1.165, 1.54) is 24.3 Å². The van der Waals surface area contributed by atoms with Crippen LogP contribution in [0.4, 0.5) is 24.5 Å². The largest absolute Gasteiger partial charge is 0.416 e. The van der Waals surface area contributed by atoms with Crippen molar-refractivity contribution in [2.45, 2.75) is 12.7 Å². The molecule has 0 fully saturated rings. The van der Waals surface area contributed by atoms with Crippen molar-refractivity contribution in [2.24, 2.45) is 0 Å². The molecule has 1 aromatic heterocycles. The number of nitrogens with one attached hydrogen (secondary N) is 1. The van der Waals surface area contributed by atoms with Crippen LogP contribution in [-0.4, -0.2) is 17.9 Å². The molecule has 7 heteroatoms. The number of aromatic nitrogens is 1. The lowest BCUT2D eigenvalue weighted by Gasteiger charge is -2.19. The van der Waals surface area contributed by atoms with Gasteiger partial charge in [0.05, 0.1) is 5.56 Å². The summed E-state index contributed by atoms with van der Waals surface area (Å²) in [5.41, 5.74) is 2.74. The lowest BCUT2D eigenvalue weighted by atomic mass is 10.1. The van der Waals surface area contributed by atoms with E-state index < -0.39 is 11.7 Å². The van der Waals surface area contributed by atoms with Gasteiger partial charge in [0.15, 0.2) is 0 Å². The molecule has 0 atom stereocenters. The zero-order valence-electron chi connectivity index (χ0n) is 16.2. The first-order valence-corrected chi connectivity index (χ1v) is 9.19. The van der Waals surface area contributed by atoms with Gasteiger partial charge in [0.25, 0.3) is 0 Å². The number of hydrogen-bond donors (Lipinski definition) is 1. The predicted molar refractivity (Wildman–Crippen MR) is 111 cm³/mol. The van der Waals surface area contributed by atoms with E-state index in [1.807, 2.05) is 48.3 Å². The minimum absolute atomic E-state index is 0.326. The monoisotopic (exact) mass is 411 g/mol. The molecule has 0 unspecified atom stereocenters. The highest BCUT2D eigenvalue weighted by molar-refractivity contribution is 5.91. The summed E-state index contributed by atoms with van der Waals surface area (Å²) in [6, 6.07) is 16.2. The SMILES string of the molecule is CN(c1ccncc1)c1ccc(CNC(=O)/C=C/c2ccc(C(F)(F)F)cc2)cc1. The van der Waals surface area contributed by atoms with Crippen LogP contribution in [0.1, 0.15) is 16.7 Å². The fourth-order valence-corrected chi connectivity index (χ4v) is 2.76. The minimum Gasteiger partial charge on any atom is -0.348 e. The number of amides is 1. The minimum atomic E-state index is -4.37. The van der Waals surface area contributed by atoms with E-state index in [-0.39, 0.29) is 5.91 Å². The summed E-state index contributed by atoms with van der Waals surface area (Å²) in [6.45, 7) is 0.343. The van der Waals surface area contributed by atoms with Gasteiger partial charge >= 0.3 is 6.18 Å². The zero-order chi connectivity index (χ0) is 21.6. The fraction of sp³-hybridized carbons (Fsp3) is 0.130. The average molecular weight is 411 g/mol. The van der Waals surface area contributed by atoms with Crippen LogP contribution < -0.4 is 10.2 Å². The third kappa shape index (κ3) is 5.70. The smallest absolute Gasteiger partial charge is 0.348 e. The number of benzene rings is 2. The van der Waals surface area contributed by atoms with Gasteiger partial charge in [0.2, 0.25) is 5.91 Å². The average Bonchev–Trinajstić information content (AvgIpc) is 2.76. The number of rotatable bonds is 6. The van der Waals surface area contributed by atoms with Crippen molar-refractivity contribution in [1.29, 1.82) is 0 Å². The molecule has 0 bridgehead atoms. The summed E-state index contributed by atoms with van der Waals surface area (Å²) < 4.78 is 37.7. The third-order valence-electron chi connectivity index (χ3n) is 4.51. The van der Waals surface area contributed by atoms with Crippen LogP contribution in [0.25, 0.3) is 6.08 Å². The fourth-order valence-electron chi connectivity index (χ4n) is 2.76. The molecule has 0 aliphatic rings. The first kappa shape index (κ1) is 21.1. The van der Waals surface area contributed by atoms with Crippen molar-refractivity contribution in [1.82, 2.24) is 10.3 Å². The number of pyridine rings is 1. The van der Waals surface area contributed by atoms with Crippen molar-refractivity contribution in [2.75, 3.05) is 11.9 Å². The van der Waals surface area contributed by atoms with Gasteiger partial charge in [-0.2, -0.15) is 13.2 Å². The summed E-state index contributed by atoms with van der Waals surface area (Å²) >= 11 is 0. The molecule has 1 heterocycles. The summed E-state index contributed by atoms with van der Waals surface area (Å²) in [5, 5.41) is 2.76. The summed E-state index contributed by atoms with van der Waals surface area (Å²) in [4.78, 5) is 18.0. The van der Waals surface area contributed by atoms with E-state index >= 15 is 0 Å². The maximum absolute atomic E-state index is 12.6. The third-order valence-corrected chi connectivity index (χ3v) is 4.51. The molecule has 154 valence electrons. The van der Waals surface area contributed by atoms with Gasteiger partial charge in [-0.3, -0.25) is 9.78 Å². The first-order valence-electron chi connectivity index (χ1n) is 9.19. The van der Waals surface area contributed by atoms with Crippen LogP contribution in [-0.2, 0) is 17.5 Å². The number of halogens is 3. The topological polar surface area (TPSA) is 45.2 Å². The summed E-state index contributed by atoms with van der Waals surface area (Å²) in [6.07, 6.45) is 1.86. The van der Waals surface area contributed by atoms with Crippen molar-refractivity contribution < 1.29 is 18.0 Å². The van der Waals surface area contributed by atoms with Crippen LogP contribution in [0.3, 0.4) is 0 Å². The number of nitrogens with zero attached hydrogens (tertiary/aromatic N) is 2. The molecule has 3 aromatic rings. The molecule has 0 aliphatic heterocycles. The van der Waals surface area contributed by atoms with E-state index in [9.17, 15) is 18.0 Å². The quantitative estimate of drug-likeness (QED) is 0.567. The normalized spacial score (nSPS) is 11.5. The number of anilines is 2. The van der Waals surface area contributed by atoms with E-state index in [2.05, 4.69) is 10.3 Å². The highest BCUT2D eigenvalue weighted by Crippen LogP contribution is 2.29. The van der Waals surface area contributed by atoms with E-state index in [4.69, 9.17) is 0 Å². The van der Waals surface area contributed by atoms with Crippen LogP contribution in [0.15, 0.2) is 79.1 Å². The molecule has 0 aliphatic carbocycles. The van der Waals surface area contributed by atoms with E-state index in [1.54, 1.807) is 12.4 Å². The van der Waals surface area contributed by atoms with Gasteiger partial charge in [-0.25, -0.2) is 0 Å². The van der Waals surface area contributed by atoms with Gasteiger partial charge in [0.1, 0.15) is 0 Å². The summed E-state index contributed by atoms with van der Waals surface area (Å²) in [7, 11) is 1.96. The van der Waals surface area contributed by atoms with Crippen LogP contribution in [0.5, 0.6) is 0 Å². The molecule has 0 saturated carbocycles. The first-order chi connectivity index (χ1) is 14.3. The maximum atomic E-state index is 12.6. The van der Waals surface area contributed by atoms with Crippen molar-refractivity contribution in [3.05, 3.63) is 95.8 Å². The van der Waals surface area contributed by atoms with Gasteiger partial charge < -0.3 is 10.2 Å². The molecule has 0 saturated heterocycles. The Labute approximate surface area is 172 Å². The highest BCUT2D eigenvalue weighted by atomic mass is 19.4. The number of carbonyl (C=O) groups excluding carboxylic acids is 1. The standard InChI is InChI=1S/C23H20F3N3O/c1-29(21-12-14-27-15-13-21)20-9-4-18(5-10-20)16-28-22(30)11-6-17-2-7-19(8-3-17)23(24,25)26/h2-15H,16H2,1H3,(H,28,30)/b11-6+. The zero-order valence-corrected chi connectivity index (χ0v) is 16.2. The second kappa shape index (κ2) is 9.26. The Kier molecular flexibility index (Phi) is 6.51. The second-order valence-corrected chi connectivity index (χ2v) is 6.60. The summed E-state index contributed by atoms with van der Waals surface area (Å²) in [5.74, 6) is -0.326. The van der Waals surface area contributed by atoms with Gasteiger partial charge in [-0.05, 0) is 53.6 Å². The Bertz CT molecular complexity index is 999. The number of carbonyl (C=O) groups is 1. The van der Waals surface area contributed by atoms with E-state index in [0.29, 0.717) is 12.1 Å². The van der Waals surface area contributed by atoms with Crippen molar-refractivity contribution in [3.63, 3.8) is 0 Å². The molecule has 30 heavy (non-hydrogen) atoms. The Balaban J connectivity index is 1.52. The molecule has 0 spiro atoms. The molecule has 3 rings (SSSR count). The van der Waals surface area contributed by atoms with Gasteiger partial charge in [-0.1, -0.05) is 24.3 Å². The maximum Gasteiger partial charge on any atom is 0.416 e. The van der Waals surface area contributed by atoms with Gasteiger partial charge in [0, 0.05) is 43.4 Å². The number of hydrogen-bond acceptors (Lipinski definition) is 3. The molecule has 1 amide bonds. The molecule has 0 radical (unpaired) electrons. The number of alkyl halides is 3. The highest BCUT2D eigenvalue weighted by Gasteiger charge is 2.29. The van der Waals surface area contributed by atoms with Crippen molar-refractivity contribution in [3.8, 4) is 0 Å². The molecule has 4 nitrogen and oxygen atoms in total. The van der Waals surface area contributed by atoms with Crippen molar-refractivity contribution >= 4 is 23.4 Å². The predicted octanol–water partition coefficient (Wildman–Crippen LogP) is 5.20.